The number of nitrogens with one attached hydrogen (secondary N) is 3. The summed E-state index contributed by atoms with van der Waals surface area (Å²) in [7, 11) is 1.28. The maximum absolute atomic E-state index is 12.6. The highest BCUT2D eigenvalue weighted by atomic mass is 16.5. The van der Waals surface area contributed by atoms with Crippen molar-refractivity contribution in [2.45, 2.75) is 38.7 Å². The molecule has 0 radical (unpaired) electrons. The van der Waals surface area contributed by atoms with Crippen molar-refractivity contribution in [2.75, 3.05) is 12.4 Å². The molecule has 3 aromatic rings. The molecule has 0 saturated carbocycles. The molecule has 0 saturated heterocycles. The van der Waals surface area contributed by atoms with Gasteiger partial charge in [0.15, 0.2) is 0 Å². The van der Waals surface area contributed by atoms with Gasteiger partial charge in [-0.1, -0.05) is 6.07 Å². The van der Waals surface area contributed by atoms with Crippen molar-refractivity contribution in [3.63, 3.8) is 0 Å². The fourth-order valence-electron chi connectivity index (χ4n) is 4.47. The van der Waals surface area contributed by atoms with Crippen molar-refractivity contribution in [3.05, 3.63) is 40.7 Å². The summed E-state index contributed by atoms with van der Waals surface area (Å²) in [5.74, 6) is -0.777. The lowest BCUT2D eigenvalue weighted by atomic mass is 9.64. The molecule has 0 aliphatic heterocycles. The van der Waals surface area contributed by atoms with Gasteiger partial charge in [0, 0.05) is 23.6 Å². The quantitative estimate of drug-likeness (QED) is 0.536. The average Bonchev–Trinajstić information content (AvgIpc) is 3.21. The van der Waals surface area contributed by atoms with Gasteiger partial charge in [0.1, 0.15) is 5.78 Å². The Morgan fingerprint density at radius 2 is 2.14 bits per heavy atom. The highest BCUT2D eigenvalue weighted by molar-refractivity contribution is 5.87. The number of rotatable bonds is 3. The molecule has 29 heavy (non-hydrogen) atoms. The molecular weight excluding hydrogens is 374 g/mol. The van der Waals surface area contributed by atoms with Crippen molar-refractivity contribution in [1.82, 2.24) is 20.2 Å². The van der Waals surface area contributed by atoms with Gasteiger partial charge >= 0.3 is 6.09 Å². The summed E-state index contributed by atoms with van der Waals surface area (Å²) < 4.78 is 4.59. The topological polar surface area (TPSA) is 133 Å². The van der Waals surface area contributed by atoms with E-state index in [-0.39, 0.29) is 17.6 Å². The molecule has 2 heterocycles. The Bertz CT molecular complexity index is 1110. The SMILES string of the molecule is COC(=O)Nc1nc2ccc([C@@H]3c4c(n[nH]c4C)C[C@@](C)(O)[C@H]3C(C)=O)cc2[nH]1. The molecule has 3 atom stereocenters. The summed E-state index contributed by atoms with van der Waals surface area (Å²) in [6, 6.07) is 5.60. The number of fused-ring (bicyclic) bond motifs is 2. The van der Waals surface area contributed by atoms with Gasteiger partial charge in [0.25, 0.3) is 0 Å². The molecule has 4 N–H and O–H groups in total. The number of hydrogen-bond acceptors (Lipinski definition) is 6. The molecule has 152 valence electrons. The minimum Gasteiger partial charge on any atom is -0.453 e. The van der Waals surface area contributed by atoms with Crippen LogP contribution in [-0.4, -0.2) is 49.9 Å². The summed E-state index contributed by atoms with van der Waals surface area (Å²) in [5.41, 5.74) is 3.60. The second kappa shape index (κ2) is 6.70. The number of aromatic nitrogens is 4. The summed E-state index contributed by atoms with van der Waals surface area (Å²) in [4.78, 5) is 31.4. The summed E-state index contributed by atoms with van der Waals surface area (Å²) in [6.07, 6.45) is -0.310. The molecule has 0 spiro atoms. The third-order valence-electron chi connectivity index (χ3n) is 5.62. The van der Waals surface area contributed by atoms with Crippen LogP contribution < -0.4 is 5.32 Å². The molecule has 9 heteroatoms. The number of hydrogen-bond donors (Lipinski definition) is 4. The van der Waals surface area contributed by atoms with Crippen molar-refractivity contribution in [2.24, 2.45) is 5.92 Å². The zero-order valence-electron chi connectivity index (χ0n) is 16.7. The Kier molecular flexibility index (Phi) is 4.42. The average molecular weight is 397 g/mol. The number of benzene rings is 1. The van der Waals surface area contributed by atoms with Crippen LogP contribution in [0.15, 0.2) is 18.2 Å². The number of nitrogens with zero attached hydrogens (tertiary/aromatic N) is 2. The number of methoxy groups -OCH3 is 1. The highest BCUT2D eigenvalue weighted by Gasteiger charge is 2.48. The van der Waals surface area contributed by atoms with Gasteiger partial charge in [-0.3, -0.25) is 15.2 Å². The first-order valence-electron chi connectivity index (χ1n) is 9.32. The first-order valence-corrected chi connectivity index (χ1v) is 9.32. The van der Waals surface area contributed by atoms with Crippen molar-refractivity contribution >= 4 is 28.9 Å². The maximum Gasteiger partial charge on any atom is 0.413 e. The highest BCUT2D eigenvalue weighted by Crippen LogP contribution is 2.47. The Morgan fingerprint density at radius 1 is 1.38 bits per heavy atom. The summed E-state index contributed by atoms with van der Waals surface area (Å²) >= 11 is 0. The van der Waals surface area contributed by atoms with Crippen LogP contribution in [0.1, 0.15) is 42.3 Å². The molecule has 1 aliphatic rings. The minimum atomic E-state index is -1.22. The molecule has 2 aromatic heterocycles. The van der Waals surface area contributed by atoms with E-state index in [4.69, 9.17) is 0 Å². The van der Waals surface area contributed by atoms with E-state index < -0.39 is 17.6 Å². The third kappa shape index (κ3) is 3.17. The number of imidazole rings is 1. The number of anilines is 1. The smallest absolute Gasteiger partial charge is 0.413 e. The largest absolute Gasteiger partial charge is 0.453 e. The molecular formula is C20H23N5O4. The van der Waals surface area contributed by atoms with E-state index in [1.165, 1.54) is 14.0 Å². The monoisotopic (exact) mass is 397 g/mol. The van der Waals surface area contributed by atoms with E-state index in [1.54, 1.807) is 6.92 Å². The van der Waals surface area contributed by atoms with Crippen molar-refractivity contribution in [1.29, 1.82) is 0 Å². The lowest BCUT2D eigenvalue weighted by Crippen LogP contribution is -2.48. The number of ether oxygens (including phenoxy) is 1. The number of carbonyl (C=O) groups excluding carboxylic acids is 2. The van der Waals surface area contributed by atoms with E-state index in [0.29, 0.717) is 17.5 Å². The van der Waals surface area contributed by atoms with Crippen LogP contribution in [0.2, 0.25) is 0 Å². The molecule has 1 aliphatic carbocycles. The Labute approximate surface area is 166 Å². The van der Waals surface area contributed by atoms with E-state index >= 15 is 0 Å². The van der Waals surface area contributed by atoms with Gasteiger partial charge in [0.05, 0.1) is 35.4 Å². The first kappa shape index (κ1) is 19.1. The minimum absolute atomic E-state index is 0.0796. The molecule has 4 rings (SSSR count). The van der Waals surface area contributed by atoms with E-state index in [2.05, 4.69) is 30.2 Å². The molecule has 0 unspecified atom stereocenters. The number of Topliss-reactive ketones (excluding diaryl/α,β-unsaturated/α-hetero) is 1. The van der Waals surface area contributed by atoms with Crippen LogP contribution in [0.25, 0.3) is 11.0 Å². The number of aromatic amines is 2. The first-order chi connectivity index (χ1) is 13.7. The summed E-state index contributed by atoms with van der Waals surface area (Å²) in [5, 5.41) is 20.9. The van der Waals surface area contributed by atoms with E-state index in [9.17, 15) is 14.7 Å². The number of aliphatic hydroxyl groups is 1. The van der Waals surface area contributed by atoms with Gasteiger partial charge in [-0.2, -0.15) is 5.10 Å². The van der Waals surface area contributed by atoms with Crippen molar-refractivity contribution in [3.8, 4) is 0 Å². The Hall–Kier alpha value is -3.20. The van der Waals surface area contributed by atoms with E-state index in [0.717, 1.165) is 22.5 Å². The third-order valence-corrected chi connectivity index (χ3v) is 5.62. The fourth-order valence-corrected chi connectivity index (χ4v) is 4.47. The van der Waals surface area contributed by atoms with Crippen LogP contribution >= 0.6 is 0 Å². The van der Waals surface area contributed by atoms with Crippen LogP contribution in [0, 0.1) is 12.8 Å². The predicted octanol–water partition coefficient (Wildman–Crippen LogP) is 2.42. The summed E-state index contributed by atoms with van der Waals surface area (Å²) in [6.45, 7) is 5.12. The van der Waals surface area contributed by atoms with Gasteiger partial charge in [0.2, 0.25) is 5.95 Å². The van der Waals surface area contributed by atoms with E-state index in [1.807, 2.05) is 25.1 Å². The molecule has 1 amide bonds. The fraction of sp³-hybridized carbons (Fsp3) is 0.400. The standard InChI is InChI=1S/C20H23N5O4/c1-9-15-14(25-24-9)8-20(3,28)17(10(2)26)16(15)11-5-6-12-13(7-11)22-18(21-12)23-19(27)29-4/h5-7,16-17,28H,8H2,1-4H3,(H,24,25)(H2,21,22,23,27)/t16-,17+,20-/m1/s1. The second-order valence-corrected chi connectivity index (χ2v) is 7.79. The Morgan fingerprint density at radius 3 is 2.83 bits per heavy atom. The molecule has 9 nitrogen and oxygen atoms in total. The predicted molar refractivity (Wildman–Crippen MR) is 106 cm³/mol. The number of H-pyrrole nitrogens is 2. The van der Waals surface area contributed by atoms with Gasteiger partial charge in [-0.15, -0.1) is 0 Å². The molecule has 0 bridgehead atoms. The molecule has 0 fully saturated rings. The number of ketones is 1. The maximum atomic E-state index is 12.6. The van der Waals surface area contributed by atoms with Gasteiger partial charge < -0.3 is 14.8 Å². The molecule has 1 aromatic carbocycles. The lowest BCUT2D eigenvalue weighted by molar-refractivity contribution is -0.130. The number of amides is 1. The van der Waals surface area contributed by atoms with Crippen molar-refractivity contribution < 1.29 is 19.4 Å². The zero-order valence-corrected chi connectivity index (χ0v) is 16.7. The number of aryl methyl sites for hydroxylation is 1. The Balaban J connectivity index is 1.84. The van der Waals surface area contributed by atoms with Crippen LogP contribution in [0.4, 0.5) is 10.7 Å². The van der Waals surface area contributed by atoms with Gasteiger partial charge in [-0.05, 0) is 38.5 Å². The lowest BCUT2D eigenvalue weighted by Gasteiger charge is -2.41. The number of carbonyl (C=O) groups is 2. The van der Waals surface area contributed by atoms with Crippen LogP contribution in [0.3, 0.4) is 0 Å². The zero-order chi connectivity index (χ0) is 20.9. The van der Waals surface area contributed by atoms with Crippen LogP contribution in [0.5, 0.6) is 0 Å². The second-order valence-electron chi connectivity index (χ2n) is 7.79. The van der Waals surface area contributed by atoms with Gasteiger partial charge in [-0.25, -0.2) is 9.78 Å². The normalized spacial score (nSPS) is 23.6. The van der Waals surface area contributed by atoms with Crippen LogP contribution in [-0.2, 0) is 16.0 Å².